The minimum absolute atomic E-state index is 0.0758. The van der Waals surface area contributed by atoms with Crippen molar-refractivity contribution in [2.75, 3.05) is 6.54 Å². The zero-order valence-electron chi connectivity index (χ0n) is 11.4. The lowest BCUT2D eigenvalue weighted by molar-refractivity contribution is -0.125. The van der Waals surface area contributed by atoms with Crippen LogP contribution in [0.5, 0.6) is 0 Å². The highest BCUT2D eigenvalue weighted by Crippen LogP contribution is 2.41. The Morgan fingerprint density at radius 3 is 2.41 bits per heavy atom. The molecule has 0 bridgehead atoms. The molecular formula is C14H24N2O. The summed E-state index contributed by atoms with van der Waals surface area (Å²) in [5, 5.41) is 11.9. The molecule has 1 saturated carbocycles. The van der Waals surface area contributed by atoms with E-state index >= 15 is 0 Å². The lowest BCUT2D eigenvalue weighted by atomic mass is 9.67. The molecule has 0 aromatic rings. The first kappa shape index (κ1) is 14.0. The summed E-state index contributed by atoms with van der Waals surface area (Å²) in [5.74, 6) is 0.163. The third-order valence-electron chi connectivity index (χ3n) is 4.02. The van der Waals surface area contributed by atoms with Crippen molar-refractivity contribution in [2.24, 2.45) is 23.2 Å². The van der Waals surface area contributed by atoms with Crippen LogP contribution in [-0.4, -0.2) is 12.5 Å². The second-order valence-corrected chi connectivity index (χ2v) is 6.18. The van der Waals surface area contributed by atoms with Gasteiger partial charge in [0.2, 0.25) is 5.91 Å². The van der Waals surface area contributed by atoms with E-state index < -0.39 is 5.92 Å². The van der Waals surface area contributed by atoms with Gasteiger partial charge < -0.3 is 5.32 Å². The van der Waals surface area contributed by atoms with Crippen LogP contribution in [-0.2, 0) is 4.79 Å². The molecule has 1 amide bonds. The molecule has 1 aliphatic rings. The summed E-state index contributed by atoms with van der Waals surface area (Å²) in [5.41, 5.74) is 0.158. The summed E-state index contributed by atoms with van der Waals surface area (Å²) in [6.45, 7) is 8.90. The van der Waals surface area contributed by atoms with Crippen LogP contribution >= 0.6 is 0 Å². The monoisotopic (exact) mass is 236 g/mol. The van der Waals surface area contributed by atoms with Gasteiger partial charge in [0, 0.05) is 6.54 Å². The molecule has 0 aliphatic heterocycles. The lowest BCUT2D eigenvalue weighted by Gasteiger charge is -2.40. The molecule has 17 heavy (non-hydrogen) atoms. The lowest BCUT2D eigenvalue weighted by Crippen LogP contribution is -2.43. The SMILES string of the molecule is CC(C)C(C#N)C(=O)NCC(C)(C)C1CCC1. The topological polar surface area (TPSA) is 52.9 Å². The molecule has 0 heterocycles. The highest BCUT2D eigenvalue weighted by atomic mass is 16.1. The van der Waals surface area contributed by atoms with E-state index in [2.05, 4.69) is 25.2 Å². The van der Waals surface area contributed by atoms with Crippen LogP contribution < -0.4 is 5.32 Å². The van der Waals surface area contributed by atoms with Crippen LogP contribution in [0.25, 0.3) is 0 Å². The van der Waals surface area contributed by atoms with E-state index in [-0.39, 0.29) is 17.2 Å². The summed E-state index contributed by atoms with van der Waals surface area (Å²) in [6.07, 6.45) is 3.86. The maximum Gasteiger partial charge on any atom is 0.237 e. The third-order valence-corrected chi connectivity index (χ3v) is 4.02. The zero-order chi connectivity index (χ0) is 13.1. The number of amides is 1. The van der Waals surface area contributed by atoms with Crippen molar-refractivity contribution in [3.05, 3.63) is 0 Å². The first-order valence-corrected chi connectivity index (χ1v) is 6.56. The Labute approximate surface area is 105 Å². The maximum absolute atomic E-state index is 11.9. The quantitative estimate of drug-likeness (QED) is 0.798. The molecule has 0 spiro atoms. The van der Waals surface area contributed by atoms with Crippen LogP contribution in [0.4, 0.5) is 0 Å². The van der Waals surface area contributed by atoms with Gasteiger partial charge >= 0.3 is 0 Å². The van der Waals surface area contributed by atoms with Gasteiger partial charge in [-0.05, 0) is 30.1 Å². The Kier molecular flexibility index (Phi) is 4.56. The number of rotatable bonds is 5. The molecule has 3 heteroatoms. The van der Waals surface area contributed by atoms with Gasteiger partial charge in [-0.25, -0.2) is 0 Å². The fourth-order valence-corrected chi connectivity index (χ4v) is 2.27. The molecule has 1 unspecified atom stereocenters. The number of hydrogen-bond acceptors (Lipinski definition) is 2. The number of hydrogen-bond donors (Lipinski definition) is 1. The Morgan fingerprint density at radius 2 is 2.06 bits per heavy atom. The van der Waals surface area contributed by atoms with E-state index in [1.54, 1.807) is 0 Å². The van der Waals surface area contributed by atoms with Crippen LogP contribution in [0.1, 0.15) is 47.0 Å². The summed E-state index contributed by atoms with van der Waals surface area (Å²) in [6, 6.07) is 2.08. The van der Waals surface area contributed by atoms with Crippen molar-refractivity contribution >= 4 is 5.91 Å². The van der Waals surface area contributed by atoms with Crippen molar-refractivity contribution in [2.45, 2.75) is 47.0 Å². The molecule has 1 aliphatic carbocycles. The summed E-state index contributed by atoms with van der Waals surface area (Å²) < 4.78 is 0. The van der Waals surface area contributed by atoms with E-state index in [0.29, 0.717) is 6.54 Å². The first-order chi connectivity index (χ1) is 7.88. The Morgan fingerprint density at radius 1 is 1.47 bits per heavy atom. The molecule has 0 saturated heterocycles. The Hall–Kier alpha value is -1.04. The van der Waals surface area contributed by atoms with E-state index in [4.69, 9.17) is 5.26 Å². The Balaban J connectivity index is 2.44. The molecular weight excluding hydrogens is 212 g/mol. The second kappa shape index (κ2) is 5.53. The summed E-state index contributed by atoms with van der Waals surface area (Å²) in [4.78, 5) is 11.9. The molecule has 3 nitrogen and oxygen atoms in total. The molecule has 1 N–H and O–H groups in total. The fraction of sp³-hybridized carbons (Fsp3) is 0.857. The van der Waals surface area contributed by atoms with Crippen molar-refractivity contribution in [1.29, 1.82) is 5.26 Å². The predicted octanol–water partition coefficient (Wildman–Crippen LogP) is 2.72. The van der Waals surface area contributed by atoms with Crippen LogP contribution in [0, 0.1) is 34.5 Å². The van der Waals surface area contributed by atoms with Gasteiger partial charge in [0.25, 0.3) is 0 Å². The van der Waals surface area contributed by atoms with Crippen molar-refractivity contribution in [3.8, 4) is 6.07 Å². The standard InChI is InChI=1S/C14H24N2O/c1-10(2)12(8-15)13(17)16-9-14(3,4)11-6-5-7-11/h10-12H,5-7,9H2,1-4H3,(H,16,17). The van der Waals surface area contributed by atoms with Gasteiger partial charge in [-0.1, -0.05) is 34.1 Å². The molecule has 1 rings (SSSR count). The average Bonchev–Trinajstić information content (AvgIpc) is 2.11. The van der Waals surface area contributed by atoms with Gasteiger partial charge in [-0.15, -0.1) is 0 Å². The number of nitriles is 1. The van der Waals surface area contributed by atoms with Gasteiger partial charge in [-0.2, -0.15) is 5.26 Å². The van der Waals surface area contributed by atoms with E-state index in [9.17, 15) is 4.79 Å². The minimum Gasteiger partial charge on any atom is -0.354 e. The third kappa shape index (κ3) is 3.46. The molecule has 1 atom stereocenters. The predicted molar refractivity (Wildman–Crippen MR) is 68.1 cm³/mol. The molecule has 0 aromatic heterocycles. The summed E-state index contributed by atoms with van der Waals surface area (Å²) >= 11 is 0. The highest BCUT2D eigenvalue weighted by molar-refractivity contribution is 5.81. The van der Waals surface area contributed by atoms with Crippen LogP contribution in [0.3, 0.4) is 0 Å². The van der Waals surface area contributed by atoms with Gasteiger partial charge in [-0.3, -0.25) is 4.79 Å². The molecule has 1 fully saturated rings. The number of carbonyl (C=O) groups excluding carboxylic acids is 1. The fourth-order valence-electron chi connectivity index (χ4n) is 2.27. The number of carbonyl (C=O) groups is 1. The Bertz CT molecular complexity index is 311. The normalized spacial score (nSPS) is 18.4. The van der Waals surface area contributed by atoms with Crippen LogP contribution in [0.15, 0.2) is 0 Å². The first-order valence-electron chi connectivity index (χ1n) is 6.56. The van der Waals surface area contributed by atoms with Crippen molar-refractivity contribution in [1.82, 2.24) is 5.32 Å². The largest absolute Gasteiger partial charge is 0.354 e. The highest BCUT2D eigenvalue weighted by Gasteiger charge is 2.34. The summed E-state index contributed by atoms with van der Waals surface area (Å²) in [7, 11) is 0. The molecule has 96 valence electrons. The smallest absolute Gasteiger partial charge is 0.237 e. The number of nitrogens with zero attached hydrogens (tertiary/aromatic N) is 1. The second-order valence-electron chi connectivity index (χ2n) is 6.18. The van der Waals surface area contributed by atoms with Gasteiger partial charge in [0.05, 0.1) is 6.07 Å². The van der Waals surface area contributed by atoms with Crippen molar-refractivity contribution in [3.63, 3.8) is 0 Å². The van der Waals surface area contributed by atoms with E-state index in [1.807, 2.05) is 13.8 Å². The van der Waals surface area contributed by atoms with Crippen LogP contribution in [0.2, 0.25) is 0 Å². The minimum atomic E-state index is -0.521. The van der Waals surface area contributed by atoms with E-state index in [1.165, 1.54) is 19.3 Å². The van der Waals surface area contributed by atoms with Crippen molar-refractivity contribution < 1.29 is 4.79 Å². The molecule has 0 radical (unpaired) electrons. The van der Waals surface area contributed by atoms with Gasteiger partial charge in [0.15, 0.2) is 0 Å². The molecule has 0 aromatic carbocycles. The average molecular weight is 236 g/mol. The zero-order valence-corrected chi connectivity index (χ0v) is 11.4. The van der Waals surface area contributed by atoms with E-state index in [0.717, 1.165) is 5.92 Å². The number of nitrogens with one attached hydrogen (secondary N) is 1. The maximum atomic E-state index is 11.9. The van der Waals surface area contributed by atoms with Gasteiger partial charge in [0.1, 0.15) is 5.92 Å².